The number of rotatable bonds is 7. The van der Waals surface area contributed by atoms with E-state index in [1.807, 2.05) is 0 Å². The Morgan fingerprint density at radius 2 is 2.20 bits per heavy atom. The van der Waals surface area contributed by atoms with Crippen molar-refractivity contribution in [1.29, 1.82) is 0 Å². The van der Waals surface area contributed by atoms with Gasteiger partial charge in [0.25, 0.3) is 0 Å². The van der Waals surface area contributed by atoms with E-state index >= 15 is 0 Å². The number of aryl methyl sites for hydroxylation is 1. The summed E-state index contributed by atoms with van der Waals surface area (Å²) in [6.45, 7) is 1.81. The summed E-state index contributed by atoms with van der Waals surface area (Å²) in [5.41, 5.74) is 5.45. The molecule has 3 amide bonds. The molecule has 5 N–H and O–H groups in total. The van der Waals surface area contributed by atoms with E-state index in [0.717, 1.165) is 0 Å². The lowest BCUT2D eigenvalue weighted by atomic mass is 10.1. The number of urea groups is 1. The third-order valence-corrected chi connectivity index (χ3v) is 2.39. The predicted molar refractivity (Wildman–Crippen MR) is 66.5 cm³/mol. The van der Waals surface area contributed by atoms with Crippen molar-refractivity contribution in [2.75, 3.05) is 0 Å². The largest absolute Gasteiger partial charge is 0.480 e. The number of aromatic nitrogens is 1. The second-order valence-corrected chi connectivity index (χ2v) is 4.15. The maximum atomic E-state index is 11.5. The lowest BCUT2D eigenvalue weighted by molar-refractivity contribution is -0.139. The molecule has 0 bridgehead atoms. The summed E-state index contributed by atoms with van der Waals surface area (Å²) in [6.07, 6.45) is -0.194. The van der Waals surface area contributed by atoms with Crippen LogP contribution in [-0.2, 0) is 16.1 Å². The number of nitrogens with zero attached hydrogens (tertiary/aromatic N) is 1. The molecule has 9 heteroatoms. The average Bonchev–Trinajstić information content (AvgIpc) is 2.77. The second kappa shape index (κ2) is 7.12. The highest BCUT2D eigenvalue weighted by atomic mass is 16.5. The van der Waals surface area contributed by atoms with Gasteiger partial charge in [-0.2, -0.15) is 0 Å². The number of carbonyl (C=O) groups excluding carboxylic acids is 2. The van der Waals surface area contributed by atoms with E-state index in [-0.39, 0.29) is 19.4 Å². The predicted octanol–water partition coefficient (Wildman–Crippen LogP) is -0.499. The van der Waals surface area contributed by atoms with E-state index < -0.39 is 23.9 Å². The standard InChI is InChI=1S/C11H16N4O5/c1-6-4-7(15-20-6)5-13-11(19)14-8(10(17)18)2-3-9(12)16/h4,8H,2-3,5H2,1H3,(H2,12,16)(H,17,18)(H2,13,14,19)/t8-/m1/s1. The van der Waals surface area contributed by atoms with Crippen molar-refractivity contribution in [2.24, 2.45) is 5.73 Å². The number of hydrogen-bond acceptors (Lipinski definition) is 5. The van der Waals surface area contributed by atoms with Gasteiger partial charge in [0.15, 0.2) is 0 Å². The maximum Gasteiger partial charge on any atom is 0.326 e. The Kier molecular flexibility index (Phi) is 5.51. The van der Waals surface area contributed by atoms with Crippen LogP contribution in [0.1, 0.15) is 24.3 Å². The van der Waals surface area contributed by atoms with Crippen molar-refractivity contribution in [3.63, 3.8) is 0 Å². The number of carboxylic acid groups (broad SMARTS) is 1. The first-order valence-electron chi connectivity index (χ1n) is 5.86. The van der Waals surface area contributed by atoms with Crippen LogP contribution in [0.15, 0.2) is 10.6 Å². The van der Waals surface area contributed by atoms with Gasteiger partial charge in [0.2, 0.25) is 5.91 Å². The Bertz CT molecular complexity index is 499. The first-order valence-corrected chi connectivity index (χ1v) is 5.86. The van der Waals surface area contributed by atoms with Gasteiger partial charge in [0.05, 0.1) is 6.54 Å². The van der Waals surface area contributed by atoms with E-state index in [2.05, 4.69) is 15.8 Å². The van der Waals surface area contributed by atoms with Crippen LogP contribution in [0, 0.1) is 6.92 Å². The first-order chi connectivity index (χ1) is 9.38. The topological polar surface area (TPSA) is 148 Å². The minimum atomic E-state index is -1.24. The number of amides is 3. The molecule has 110 valence electrons. The van der Waals surface area contributed by atoms with Gasteiger partial charge in [-0.3, -0.25) is 4.79 Å². The number of primary amides is 1. The van der Waals surface area contributed by atoms with E-state index in [9.17, 15) is 14.4 Å². The molecule has 1 atom stereocenters. The van der Waals surface area contributed by atoms with Crippen LogP contribution in [0.2, 0.25) is 0 Å². The normalized spacial score (nSPS) is 11.7. The van der Waals surface area contributed by atoms with Gasteiger partial charge in [0.1, 0.15) is 17.5 Å². The van der Waals surface area contributed by atoms with Gasteiger partial charge in [-0.15, -0.1) is 0 Å². The number of carboxylic acids is 1. The summed E-state index contributed by atoms with van der Waals surface area (Å²) in [5.74, 6) is -1.26. The van der Waals surface area contributed by atoms with Crippen LogP contribution in [0.3, 0.4) is 0 Å². The van der Waals surface area contributed by atoms with Gasteiger partial charge < -0.3 is 26.0 Å². The third kappa shape index (κ3) is 5.38. The zero-order valence-corrected chi connectivity index (χ0v) is 10.9. The van der Waals surface area contributed by atoms with Crippen LogP contribution in [0.25, 0.3) is 0 Å². The molecule has 0 aliphatic rings. The van der Waals surface area contributed by atoms with Crippen LogP contribution < -0.4 is 16.4 Å². The van der Waals surface area contributed by atoms with Crippen molar-refractivity contribution in [3.05, 3.63) is 17.5 Å². The molecule has 0 fully saturated rings. The highest BCUT2D eigenvalue weighted by Gasteiger charge is 2.20. The molecular weight excluding hydrogens is 268 g/mol. The number of nitrogens with two attached hydrogens (primary N) is 1. The van der Waals surface area contributed by atoms with E-state index in [0.29, 0.717) is 11.5 Å². The molecule has 0 spiro atoms. The molecule has 0 aliphatic heterocycles. The van der Waals surface area contributed by atoms with Gasteiger partial charge in [-0.25, -0.2) is 9.59 Å². The van der Waals surface area contributed by atoms with E-state index in [1.165, 1.54) is 0 Å². The summed E-state index contributed by atoms with van der Waals surface area (Å²) in [5, 5.41) is 17.2. The Morgan fingerprint density at radius 3 is 2.70 bits per heavy atom. The molecule has 1 rings (SSSR count). The molecule has 0 saturated carbocycles. The molecule has 1 aromatic heterocycles. The van der Waals surface area contributed by atoms with E-state index in [1.54, 1.807) is 13.0 Å². The fourth-order valence-electron chi connectivity index (χ4n) is 1.43. The molecule has 20 heavy (non-hydrogen) atoms. The number of carbonyl (C=O) groups is 3. The van der Waals surface area contributed by atoms with Crippen molar-refractivity contribution in [1.82, 2.24) is 15.8 Å². The summed E-state index contributed by atoms with van der Waals surface area (Å²) in [6, 6.07) is -0.216. The van der Waals surface area contributed by atoms with E-state index in [4.69, 9.17) is 15.4 Å². The molecule has 0 aromatic carbocycles. The van der Waals surface area contributed by atoms with Crippen LogP contribution in [-0.4, -0.2) is 34.2 Å². The Hall–Kier alpha value is -2.58. The van der Waals surface area contributed by atoms with Crippen molar-refractivity contribution >= 4 is 17.9 Å². The fraction of sp³-hybridized carbons (Fsp3) is 0.455. The Morgan fingerprint density at radius 1 is 1.50 bits per heavy atom. The molecule has 9 nitrogen and oxygen atoms in total. The molecule has 1 heterocycles. The number of hydrogen-bond donors (Lipinski definition) is 4. The third-order valence-electron chi connectivity index (χ3n) is 2.39. The lowest BCUT2D eigenvalue weighted by Gasteiger charge is -2.13. The summed E-state index contributed by atoms with van der Waals surface area (Å²) in [7, 11) is 0. The molecule has 0 saturated heterocycles. The van der Waals surface area contributed by atoms with Gasteiger partial charge >= 0.3 is 12.0 Å². The van der Waals surface area contributed by atoms with Crippen LogP contribution in [0.5, 0.6) is 0 Å². The number of nitrogens with one attached hydrogen (secondary N) is 2. The Labute approximate surface area is 114 Å². The van der Waals surface area contributed by atoms with Crippen LogP contribution >= 0.6 is 0 Å². The summed E-state index contributed by atoms with van der Waals surface area (Å²) in [4.78, 5) is 33.0. The first kappa shape index (κ1) is 15.5. The van der Waals surface area contributed by atoms with Crippen molar-refractivity contribution in [2.45, 2.75) is 32.4 Å². The Balaban J connectivity index is 2.41. The quantitative estimate of drug-likeness (QED) is 0.530. The molecule has 1 aromatic rings. The zero-order valence-electron chi connectivity index (χ0n) is 10.9. The monoisotopic (exact) mass is 284 g/mol. The molecule has 0 unspecified atom stereocenters. The van der Waals surface area contributed by atoms with Crippen LogP contribution in [0.4, 0.5) is 4.79 Å². The molecule has 0 aliphatic carbocycles. The fourth-order valence-corrected chi connectivity index (χ4v) is 1.43. The summed E-state index contributed by atoms with van der Waals surface area (Å²) < 4.78 is 4.81. The zero-order chi connectivity index (χ0) is 15.1. The van der Waals surface area contributed by atoms with Crippen molar-refractivity contribution in [3.8, 4) is 0 Å². The maximum absolute atomic E-state index is 11.5. The highest BCUT2D eigenvalue weighted by molar-refractivity contribution is 5.83. The van der Waals surface area contributed by atoms with Gasteiger partial charge in [-0.05, 0) is 13.3 Å². The average molecular weight is 284 g/mol. The molecular formula is C11H16N4O5. The van der Waals surface area contributed by atoms with Gasteiger partial charge in [-0.1, -0.05) is 5.16 Å². The SMILES string of the molecule is Cc1cc(CNC(=O)N[C@H](CCC(N)=O)C(=O)O)no1. The summed E-state index contributed by atoms with van der Waals surface area (Å²) >= 11 is 0. The smallest absolute Gasteiger partial charge is 0.326 e. The minimum Gasteiger partial charge on any atom is -0.480 e. The minimum absolute atomic E-state index is 0.0683. The molecule has 0 radical (unpaired) electrons. The van der Waals surface area contributed by atoms with Gasteiger partial charge in [0, 0.05) is 12.5 Å². The second-order valence-electron chi connectivity index (χ2n) is 4.15. The number of aliphatic carboxylic acids is 1. The lowest BCUT2D eigenvalue weighted by Crippen LogP contribution is -2.46. The van der Waals surface area contributed by atoms with Crippen molar-refractivity contribution < 1.29 is 24.0 Å². The highest BCUT2D eigenvalue weighted by Crippen LogP contribution is 2.01.